The minimum Gasteiger partial charge on any atom is -0.441 e. The second-order valence-corrected chi connectivity index (χ2v) is 9.40. The van der Waals surface area contributed by atoms with Crippen molar-refractivity contribution in [3.05, 3.63) is 23.3 Å². The number of rotatable bonds is 12. The Bertz CT molecular complexity index is 757. The SMILES string of the molecule is CCOC(OC)Oc1cc(OC(OC)OCC)c(C23CC4CC(CC(C4)C2)C3)cc1C=O. The van der Waals surface area contributed by atoms with Crippen molar-refractivity contribution in [3.63, 3.8) is 0 Å². The third-order valence-corrected chi connectivity index (χ3v) is 7.29. The zero-order chi connectivity index (χ0) is 22.7. The first-order valence-corrected chi connectivity index (χ1v) is 11.8. The summed E-state index contributed by atoms with van der Waals surface area (Å²) in [6, 6.07) is 3.72. The molecule has 2 unspecified atom stereocenters. The Morgan fingerprint density at radius 2 is 1.38 bits per heavy atom. The Morgan fingerprint density at radius 3 is 1.81 bits per heavy atom. The van der Waals surface area contributed by atoms with E-state index in [-0.39, 0.29) is 5.41 Å². The summed E-state index contributed by atoms with van der Waals surface area (Å²) in [4.78, 5) is 12.1. The number of carbonyl (C=O) groups excluding carboxylic acids is 1. The van der Waals surface area contributed by atoms with Crippen molar-refractivity contribution >= 4 is 6.29 Å². The molecule has 0 spiro atoms. The average molecular weight is 449 g/mol. The average Bonchev–Trinajstić information content (AvgIpc) is 2.77. The van der Waals surface area contributed by atoms with Crippen LogP contribution in [0.5, 0.6) is 11.5 Å². The first kappa shape index (κ1) is 23.5. The van der Waals surface area contributed by atoms with Crippen LogP contribution >= 0.6 is 0 Å². The van der Waals surface area contributed by atoms with E-state index in [1.807, 2.05) is 19.9 Å². The van der Waals surface area contributed by atoms with E-state index in [4.69, 9.17) is 28.4 Å². The Kier molecular flexibility index (Phi) is 7.40. The fourth-order valence-corrected chi connectivity index (χ4v) is 6.50. The van der Waals surface area contributed by atoms with Crippen LogP contribution in [0.1, 0.15) is 68.3 Å². The zero-order valence-electron chi connectivity index (χ0n) is 19.6. The molecular formula is C25H36O7. The lowest BCUT2D eigenvalue weighted by molar-refractivity contribution is -0.233. The highest BCUT2D eigenvalue weighted by Gasteiger charge is 2.52. The van der Waals surface area contributed by atoms with E-state index >= 15 is 0 Å². The van der Waals surface area contributed by atoms with Crippen LogP contribution in [0.3, 0.4) is 0 Å². The lowest BCUT2D eigenvalue weighted by atomic mass is 9.48. The van der Waals surface area contributed by atoms with Gasteiger partial charge in [-0.15, -0.1) is 0 Å². The molecule has 178 valence electrons. The molecule has 1 aromatic rings. The van der Waals surface area contributed by atoms with Crippen molar-refractivity contribution in [1.29, 1.82) is 0 Å². The quantitative estimate of drug-likeness (QED) is 0.340. The largest absolute Gasteiger partial charge is 0.441 e. The van der Waals surface area contributed by atoms with E-state index in [2.05, 4.69) is 0 Å². The summed E-state index contributed by atoms with van der Waals surface area (Å²) < 4.78 is 33.8. The molecule has 0 heterocycles. The van der Waals surface area contributed by atoms with Gasteiger partial charge in [-0.2, -0.15) is 0 Å². The van der Waals surface area contributed by atoms with Crippen LogP contribution in [0.15, 0.2) is 12.1 Å². The molecule has 4 aliphatic rings. The molecule has 7 nitrogen and oxygen atoms in total. The predicted molar refractivity (Wildman–Crippen MR) is 118 cm³/mol. The molecule has 0 aromatic heterocycles. The first-order valence-electron chi connectivity index (χ1n) is 11.8. The Morgan fingerprint density at radius 1 is 0.875 bits per heavy atom. The normalized spacial score (nSPS) is 30.2. The molecule has 7 heteroatoms. The highest BCUT2D eigenvalue weighted by molar-refractivity contribution is 5.81. The van der Waals surface area contributed by atoms with Gasteiger partial charge in [0.2, 0.25) is 0 Å². The highest BCUT2D eigenvalue weighted by atomic mass is 16.8. The first-order chi connectivity index (χ1) is 15.5. The van der Waals surface area contributed by atoms with Crippen molar-refractivity contribution in [2.45, 2.75) is 70.7 Å². The second-order valence-electron chi connectivity index (χ2n) is 9.40. The standard InChI is InChI=1S/C25H36O7/c1-5-29-23(27-3)31-21-11-22(32-24(28-4)30-6-2)20(10-19(21)15-26)25-12-16-7-17(13-25)9-18(8-16)14-25/h10-11,15-18,23-24H,5-9,12-14H2,1-4H3. The summed E-state index contributed by atoms with van der Waals surface area (Å²) in [7, 11) is 3.05. The van der Waals surface area contributed by atoms with Gasteiger partial charge < -0.3 is 28.4 Å². The molecule has 5 rings (SSSR count). The van der Waals surface area contributed by atoms with Crippen LogP contribution in [0.2, 0.25) is 0 Å². The van der Waals surface area contributed by atoms with Gasteiger partial charge in [-0.1, -0.05) is 0 Å². The van der Waals surface area contributed by atoms with Gasteiger partial charge >= 0.3 is 13.0 Å². The van der Waals surface area contributed by atoms with Gasteiger partial charge in [-0.3, -0.25) is 4.79 Å². The van der Waals surface area contributed by atoms with Crippen LogP contribution in [0.25, 0.3) is 0 Å². The van der Waals surface area contributed by atoms with Crippen molar-refractivity contribution in [2.24, 2.45) is 17.8 Å². The maximum Gasteiger partial charge on any atom is 0.315 e. The summed E-state index contributed by atoms with van der Waals surface area (Å²) in [6.45, 7) is 2.86. The van der Waals surface area contributed by atoms with E-state index in [0.717, 1.165) is 48.9 Å². The molecule has 4 saturated carbocycles. The van der Waals surface area contributed by atoms with E-state index in [1.54, 1.807) is 13.2 Å². The number of carbonyl (C=O) groups is 1. The van der Waals surface area contributed by atoms with Gasteiger partial charge in [0.1, 0.15) is 11.5 Å². The third kappa shape index (κ3) is 4.67. The number of hydrogen-bond acceptors (Lipinski definition) is 7. The van der Waals surface area contributed by atoms with Crippen molar-refractivity contribution in [1.82, 2.24) is 0 Å². The van der Waals surface area contributed by atoms with Gasteiger partial charge in [0, 0.05) is 25.8 Å². The molecule has 0 radical (unpaired) electrons. The maximum absolute atomic E-state index is 12.1. The summed E-state index contributed by atoms with van der Waals surface area (Å²) >= 11 is 0. The van der Waals surface area contributed by atoms with Crippen molar-refractivity contribution in [2.75, 3.05) is 27.4 Å². The number of benzene rings is 1. The van der Waals surface area contributed by atoms with Gasteiger partial charge in [0.05, 0.1) is 18.8 Å². The molecule has 4 aliphatic carbocycles. The second kappa shape index (κ2) is 10.1. The third-order valence-electron chi connectivity index (χ3n) is 7.29. The number of methoxy groups -OCH3 is 2. The number of ether oxygens (including phenoxy) is 6. The van der Waals surface area contributed by atoms with E-state index in [9.17, 15) is 4.79 Å². The molecular weight excluding hydrogens is 412 g/mol. The fourth-order valence-electron chi connectivity index (χ4n) is 6.50. The van der Waals surface area contributed by atoms with Crippen LogP contribution in [-0.2, 0) is 24.4 Å². The molecule has 4 fully saturated rings. The summed E-state index contributed by atoms with van der Waals surface area (Å²) in [5.41, 5.74) is 1.55. The molecule has 32 heavy (non-hydrogen) atoms. The van der Waals surface area contributed by atoms with Crippen molar-refractivity contribution < 1.29 is 33.2 Å². The van der Waals surface area contributed by atoms with Crippen LogP contribution in [-0.4, -0.2) is 46.7 Å². The van der Waals surface area contributed by atoms with Crippen LogP contribution < -0.4 is 9.47 Å². The number of aldehydes is 1. The molecule has 2 atom stereocenters. The monoisotopic (exact) mass is 448 g/mol. The summed E-state index contributed by atoms with van der Waals surface area (Å²) in [5, 5.41) is 0. The molecule has 0 aliphatic heterocycles. The van der Waals surface area contributed by atoms with Crippen LogP contribution in [0.4, 0.5) is 0 Å². The lowest BCUT2D eigenvalue weighted by Crippen LogP contribution is -2.48. The topological polar surface area (TPSA) is 72.5 Å². The Hall–Kier alpha value is -1.67. The Balaban J connectivity index is 1.75. The minimum atomic E-state index is -0.915. The fraction of sp³-hybridized carbons (Fsp3) is 0.720. The smallest absolute Gasteiger partial charge is 0.315 e. The molecule has 4 bridgehead atoms. The lowest BCUT2D eigenvalue weighted by Gasteiger charge is -2.57. The maximum atomic E-state index is 12.1. The zero-order valence-corrected chi connectivity index (χ0v) is 19.6. The summed E-state index contributed by atoms with van der Waals surface area (Å²) in [5.74, 6) is 3.26. The highest BCUT2D eigenvalue weighted by Crippen LogP contribution is 2.62. The van der Waals surface area contributed by atoms with Crippen molar-refractivity contribution in [3.8, 4) is 11.5 Å². The van der Waals surface area contributed by atoms with E-state index < -0.39 is 13.0 Å². The van der Waals surface area contributed by atoms with E-state index in [1.165, 1.54) is 26.4 Å². The number of hydrogen-bond donors (Lipinski definition) is 0. The molecule has 1 aromatic carbocycles. The molecule has 0 amide bonds. The van der Waals surface area contributed by atoms with Gasteiger partial charge in [0.15, 0.2) is 6.29 Å². The predicted octanol–water partition coefficient (Wildman–Crippen LogP) is 4.66. The molecule has 0 N–H and O–H groups in total. The van der Waals surface area contributed by atoms with Gasteiger partial charge in [0.25, 0.3) is 0 Å². The van der Waals surface area contributed by atoms with Crippen LogP contribution in [0, 0.1) is 17.8 Å². The molecule has 0 saturated heterocycles. The summed E-state index contributed by atoms with van der Waals surface area (Å²) in [6.07, 6.45) is 8.25. The van der Waals surface area contributed by atoms with Gasteiger partial charge in [-0.05, 0) is 81.6 Å². The minimum absolute atomic E-state index is 0.0193. The Labute approximate surface area is 190 Å². The van der Waals surface area contributed by atoms with E-state index in [0.29, 0.717) is 30.3 Å². The van der Waals surface area contributed by atoms with Gasteiger partial charge in [-0.25, -0.2) is 0 Å².